The van der Waals surface area contributed by atoms with Gasteiger partial charge in [0.2, 0.25) is 59.1 Å². The van der Waals surface area contributed by atoms with E-state index in [0.29, 0.717) is 11.3 Å². The second kappa shape index (κ2) is 42.9. The number of fused-ring (bicyclic) bond motifs is 1. The lowest BCUT2D eigenvalue weighted by molar-refractivity contribution is -0.275. The van der Waals surface area contributed by atoms with Gasteiger partial charge >= 0.3 is 30.1 Å². The van der Waals surface area contributed by atoms with Gasteiger partial charge in [0.1, 0.15) is 73.3 Å². The first kappa shape index (κ1) is 86.2. The highest BCUT2D eigenvalue weighted by Gasteiger charge is 2.52. The number of carbonyl (C=O) groups is 16. The Morgan fingerprint density at radius 3 is 1.94 bits per heavy atom. The summed E-state index contributed by atoms with van der Waals surface area (Å²) < 4.78 is 38.8. The molecule has 0 unspecified atom stereocenters. The predicted molar refractivity (Wildman–Crippen MR) is 355 cm³/mol. The van der Waals surface area contributed by atoms with Crippen LogP contribution in [0.5, 0.6) is 0 Å². The molecule has 12 atom stereocenters. The summed E-state index contributed by atoms with van der Waals surface area (Å²) in [5.74, 6) is -12.7. The number of nitrogens with one attached hydrogen (secondary N) is 9. The number of hydrogen-bond donors (Lipinski definition) is 11. The third kappa shape index (κ3) is 30.8. The summed E-state index contributed by atoms with van der Waals surface area (Å²) in [6, 6.07) is -11.7. The van der Waals surface area contributed by atoms with E-state index >= 15 is 9.59 Å². The maximum atomic E-state index is 15.3. The van der Waals surface area contributed by atoms with Crippen molar-refractivity contribution in [1.29, 1.82) is 0 Å². The number of nitrogens with two attached hydrogens (primary N) is 2. The zero-order valence-electron chi connectivity index (χ0n) is 59.8. The van der Waals surface area contributed by atoms with Crippen LogP contribution in [0.2, 0.25) is 0 Å². The third-order valence-corrected chi connectivity index (χ3v) is 15.7. The molecule has 0 aromatic heterocycles. The van der Waals surface area contributed by atoms with Crippen molar-refractivity contribution in [1.82, 2.24) is 57.7 Å². The average molecular weight is 1440 g/mol. The van der Waals surface area contributed by atoms with E-state index in [0.717, 1.165) is 20.8 Å². The summed E-state index contributed by atoms with van der Waals surface area (Å²) in [5, 5.41) is 23.3. The quantitative estimate of drug-likeness (QED) is 0.0182. The summed E-state index contributed by atoms with van der Waals surface area (Å²) in [6.45, 7) is 15.2. The van der Waals surface area contributed by atoms with Gasteiger partial charge in [0, 0.05) is 60.2 Å². The monoisotopic (exact) mass is 1440 g/mol. The van der Waals surface area contributed by atoms with Crippen LogP contribution in [0.25, 0.3) is 0 Å². The van der Waals surface area contributed by atoms with Crippen LogP contribution in [0.1, 0.15) is 160 Å². The van der Waals surface area contributed by atoms with Crippen LogP contribution in [-0.4, -0.2) is 236 Å². The number of unbranched alkanes of at least 4 members (excludes halogenated alkanes) is 2. The van der Waals surface area contributed by atoms with Crippen molar-refractivity contribution in [2.24, 2.45) is 23.3 Å². The first-order valence-electron chi connectivity index (χ1n) is 33.9. The summed E-state index contributed by atoms with van der Waals surface area (Å²) in [4.78, 5) is 218. The molecule has 36 nitrogen and oxygen atoms in total. The molecule has 101 heavy (non-hydrogen) atoms. The first-order chi connectivity index (χ1) is 47.4. The van der Waals surface area contributed by atoms with Crippen LogP contribution in [0.15, 0.2) is 12.2 Å². The molecule has 3 aliphatic heterocycles. The fourth-order valence-corrected chi connectivity index (χ4v) is 11.0. The highest BCUT2D eigenvalue weighted by molar-refractivity contribution is 6.03. The van der Waals surface area contributed by atoms with E-state index in [1.807, 2.05) is 0 Å². The van der Waals surface area contributed by atoms with Gasteiger partial charge in [-0.15, -0.1) is 0 Å². The van der Waals surface area contributed by atoms with Gasteiger partial charge < -0.3 is 97.4 Å². The van der Waals surface area contributed by atoms with Crippen LogP contribution in [-0.2, 0) is 100 Å². The number of rotatable bonds is 28. The number of alkyl carbamates (subject to hydrolysis) is 1. The Hall–Kier alpha value is -9.06. The van der Waals surface area contributed by atoms with Gasteiger partial charge in [-0.05, 0) is 116 Å². The minimum absolute atomic E-state index is 0.0326. The van der Waals surface area contributed by atoms with Crippen molar-refractivity contribution in [2.75, 3.05) is 52.5 Å². The summed E-state index contributed by atoms with van der Waals surface area (Å²) in [7, 11) is 0. The predicted octanol–water partition coefficient (Wildman–Crippen LogP) is -1.59. The maximum absolute atomic E-state index is 15.3. The maximum Gasteiger partial charge on any atom is 0.417 e. The van der Waals surface area contributed by atoms with Crippen LogP contribution in [0.3, 0.4) is 0 Å². The lowest BCUT2D eigenvalue weighted by Gasteiger charge is -2.44. The highest BCUT2D eigenvalue weighted by atomic mass is 16.7. The molecular formula is C65H105N13O23. The average Bonchev–Trinajstić information content (AvgIpc) is 1.31. The van der Waals surface area contributed by atoms with Crippen molar-refractivity contribution < 1.29 is 110 Å². The molecule has 0 bridgehead atoms. The summed E-state index contributed by atoms with van der Waals surface area (Å²) in [5.41, 5.74) is 9.82. The minimum atomic E-state index is -1.82. The van der Waals surface area contributed by atoms with Crippen molar-refractivity contribution in [3.8, 4) is 0 Å². The molecule has 0 spiro atoms. The molecule has 3 aliphatic rings. The Morgan fingerprint density at radius 1 is 0.683 bits per heavy atom. The number of ether oxygens (including phenoxy) is 7. The molecule has 36 heteroatoms. The van der Waals surface area contributed by atoms with E-state index in [-0.39, 0.29) is 103 Å². The van der Waals surface area contributed by atoms with Gasteiger partial charge in [-0.25, -0.2) is 14.5 Å². The molecule has 0 aromatic carbocycles. The molecule has 0 aliphatic carbocycles. The molecule has 3 heterocycles. The second-order valence-electron chi connectivity index (χ2n) is 26.4. The Balaban J connectivity index is 1.99. The second-order valence-corrected chi connectivity index (χ2v) is 26.4. The van der Waals surface area contributed by atoms with Crippen molar-refractivity contribution in [3.63, 3.8) is 0 Å². The van der Waals surface area contributed by atoms with Gasteiger partial charge in [0.15, 0.2) is 18.5 Å². The van der Waals surface area contributed by atoms with Crippen LogP contribution >= 0.6 is 0 Å². The number of imide groups is 1. The molecule has 0 aromatic rings. The number of primary amides is 1. The van der Waals surface area contributed by atoms with Crippen molar-refractivity contribution in [2.45, 2.75) is 239 Å². The van der Waals surface area contributed by atoms with Gasteiger partial charge in [0.05, 0.1) is 13.2 Å². The Kier molecular flexibility index (Phi) is 36.6. The lowest BCUT2D eigenvalue weighted by atomic mass is 9.96. The number of nitrogens with zero attached hydrogens (tertiary/aromatic N) is 2. The smallest absolute Gasteiger partial charge is 0.417 e. The van der Waals surface area contributed by atoms with Crippen LogP contribution in [0.4, 0.5) is 9.59 Å². The number of amides is 13. The van der Waals surface area contributed by atoms with E-state index in [1.54, 1.807) is 27.7 Å². The van der Waals surface area contributed by atoms with E-state index in [4.69, 9.17) is 44.6 Å². The molecule has 13 amide bonds. The third-order valence-electron chi connectivity index (χ3n) is 15.7. The van der Waals surface area contributed by atoms with E-state index < -0.39 is 206 Å². The molecule has 0 radical (unpaired) electrons. The standard InChI is InChI=1S/C65H105N13O23/c1-35(2)32-44-56(87)75-43(23-24-49(84)68-28-25-48(67)83)61(92)78(64(94)101-65(10,11)12)46(21-13-15-26-66)58(89)76-51(36(3)4)59(90)74-42(55(86)71-37(5)60(91)77-29-19-22-45(77)57(88)70-33-50(85)73-44)20-14-16-27-69-63(93)96-31-18-17-30-95-62-52(72-38(6)79)54(99-41(9)82)53(98-40(8)81)47(100-62)34-97-39(7)80/h17-18,35-37,42-47,51-54,62H,13-16,19-34,66H2,1-12H3,(H2,67,83)(H,68,84)(H,69,93)(H,70,88)(H,71,86)(H,72,79)(H,73,85)(H,74,90)(H,75,87)(H,76,89)/b18-17-/t37-,42-,43-,44-,45-,46-,47+,51-,52+,53+,54+,62+/m0/s1. The number of esters is 3. The van der Waals surface area contributed by atoms with Crippen molar-refractivity contribution >= 4 is 95.1 Å². The van der Waals surface area contributed by atoms with E-state index in [1.165, 1.54) is 51.7 Å². The van der Waals surface area contributed by atoms with Crippen LogP contribution in [0, 0.1) is 11.8 Å². The summed E-state index contributed by atoms with van der Waals surface area (Å²) in [6.07, 6.45) is -5.27. The van der Waals surface area contributed by atoms with Gasteiger partial charge in [-0.1, -0.05) is 33.8 Å². The molecule has 3 fully saturated rings. The number of hydrogen-bond acceptors (Lipinski definition) is 24. The SMILES string of the molecule is CC(=O)N[C@H]1[C@H](OC/C=C\COC(=O)NCCCC[C@@H]2NC(=O)[C@H](C(C)C)NC(=O)[C@H](CCCCN)N(C(=O)OC(C)(C)C)C(=O)[C@H](CCC(=O)NCCC(N)=O)NC(=O)[C@H](CC(C)C)NC(=O)CNC(=O)[C@@H]3CCCN3C(=O)[C@H](C)NC2=O)O[C@H](COC(C)=O)[C@@H](OC(C)=O)[C@@H]1OC(C)=O. The molecule has 568 valence electrons. The molecular weight excluding hydrogens is 1330 g/mol. The largest absolute Gasteiger partial charge is 0.463 e. The highest BCUT2D eigenvalue weighted by Crippen LogP contribution is 2.29. The van der Waals surface area contributed by atoms with E-state index in [2.05, 4.69) is 47.9 Å². The Bertz CT molecular complexity index is 2940. The number of carbonyl (C=O) groups excluding carboxylic acids is 16. The topological polar surface area (TPSA) is 505 Å². The fourth-order valence-electron chi connectivity index (χ4n) is 11.0. The molecule has 3 rings (SSSR count). The fraction of sp³-hybridized carbons (Fsp3) is 0.723. The van der Waals surface area contributed by atoms with E-state index in [9.17, 15) is 67.1 Å². The van der Waals surface area contributed by atoms with Gasteiger partial charge in [-0.2, -0.15) is 0 Å². The Labute approximate surface area is 587 Å². The van der Waals surface area contributed by atoms with Gasteiger partial charge in [0.25, 0.3) is 5.91 Å². The molecule has 13 N–H and O–H groups in total. The first-order valence-corrected chi connectivity index (χ1v) is 33.9. The zero-order valence-corrected chi connectivity index (χ0v) is 59.8. The summed E-state index contributed by atoms with van der Waals surface area (Å²) >= 11 is 0. The Morgan fingerprint density at radius 2 is 1.33 bits per heavy atom. The molecule has 3 saturated heterocycles. The van der Waals surface area contributed by atoms with Crippen molar-refractivity contribution in [3.05, 3.63) is 12.2 Å². The lowest BCUT2D eigenvalue weighted by Crippen LogP contribution is -2.66. The van der Waals surface area contributed by atoms with Gasteiger partial charge in [-0.3, -0.25) is 67.1 Å². The van der Waals surface area contributed by atoms with Crippen LogP contribution < -0.4 is 59.3 Å². The zero-order chi connectivity index (χ0) is 75.8. The minimum Gasteiger partial charge on any atom is -0.463 e. The molecule has 0 saturated carbocycles. The normalized spacial score (nSPS) is 24.7.